The number of aromatic nitrogens is 2. The van der Waals surface area contributed by atoms with Gasteiger partial charge in [-0.25, -0.2) is 4.79 Å². The van der Waals surface area contributed by atoms with Crippen LogP contribution in [0.3, 0.4) is 0 Å². The first kappa shape index (κ1) is 19.7. The zero-order valence-electron chi connectivity index (χ0n) is 14.3. The van der Waals surface area contributed by atoms with E-state index in [0.717, 1.165) is 50.2 Å². The van der Waals surface area contributed by atoms with Crippen molar-refractivity contribution >= 4 is 23.4 Å². The van der Waals surface area contributed by atoms with E-state index < -0.39 is 0 Å². The van der Waals surface area contributed by atoms with Gasteiger partial charge in [-0.3, -0.25) is 9.13 Å². The number of ether oxygens (including phenoxy) is 1. The third-order valence-corrected chi connectivity index (χ3v) is 3.95. The Hall–Kier alpha value is -1.30. The molecule has 2 aromatic rings. The Morgan fingerprint density at radius 3 is 2.52 bits per heavy atom. The third kappa shape index (κ3) is 5.09. The van der Waals surface area contributed by atoms with Crippen molar-refractivity contribution < 1.29 is 4.74 Å². The fourth-order valence-corrected chi connectivity index (χ4v) is 2.54. The van der Waals surface area contributed by atoms with E-state index >= 15 is 0 Å². The number of imidazole rings is 1. The summed E-state index contributed by atoms with van der Waals surface area (Å²) in [4.78, 5) is 11.9. The second-order valence-electron chi connectivity index (χ2n) is 5.72. The Morgan fingerprint density at radius 1 is 1.09 bits per heavy atom. The first-order valence-electron chi connectivity index (χ1n) is 8.08. The van der Waals surface area contributed by atoms with Gasteiger partial charge in [0.25, 0.3) is 0 Å². The van der Waals surface area contributed by atoms with Crippen molar-refractivity contribution in [2.75, 3.05) is 19.8 Å². The Kier molecular flexibility index (Phi) is 8.37. The van der Waals surface area contributed by atoms with Gasteiger partial charge in [-0.05, 0) is 37.1 Å². The van der Waals surface area contributed by atoms with E-state index in [2.05, 4.69) is 24.4 Å². The molecule has 0 spiro atoms. The molecule has 0 amide bonds. The quantitative estimate of drug-likeness (QED) is 0.713. The molecule has 0 aliphatic heterocycles. The Balaban J connectivity index is 0.00000264. The van der Waals surface area contributed by atoms with Gasteiger partial charge in [-0.15, -0.1) is 12.4 Å². The summed E-state index contributed by atoms with van der Waals surface area (Å²) in [6.07, 6.45) is 3.35. The van der Waals surface area contributed by atoms with Gasteiger partial charge in [0.1, 0.15) is 0 Å². The molecule has 0 bridgehead atoms. The average molecular weight is 342 g/mol. The molecule has 1 aromatic heterocycles. The highest BCUT2D eigenvalue weighted by Gasteiger charge is 2.07. The second-order valence-corrected chi connectivity index (χ2v) is 5.72. The van der Waals surface area contributed by atoms with Crippen molar-refractivity contribution in [3.63, 3.8) is 0 Å². The van der Waals surface area contributed by atoms with Crippen LogP contribution in [0.5, 0.6) is 0 Å². The summed E-state index contributed by atoms with van der Waals surface area (Å²) in [7, 11) is 3.62. The summed E-state index contributed by atoms with van der Waals surface area (Å²) in [5.41, 5.74) is 3.17. The van der Waals surface area contributed by atoms with E-state index in [0.29, 0.717) is 0 Å². The first-order chi connectivity index (χ1) is 10.6. The standard InChI is InChI=1S/C17H27N3O2.ClH/c1-4-5-10-22-11-6-9-18-13-14-7-8-15-16(12-14)20(3)17(21)19(15)2;/h7-8,12,18H,4-6,9-11,13H2,1-3H3;1H. The number of hydrogen-bond donors (Lipinski definition) is 1. The Morgan fingerprint density at radius 2 is 1.78 bits per heavy atom. The first-order valence-corrected chi connectivity index (χ1v) is 8.08. The molecule has 0 unspecified atom stereocenters. The summed E-state index contributed by atoms with van der Waals surface area (Å²) in [6, 6.07) is 6.18. The molecule has 1 aromatic carbocycles. The van der Waals surface area contributed by atoms with Crippen molar-refractivity contribution in [3.8, 4) is 0 Å². The third-order valence-electron chi connectivity index (χ3n) is 3.95. The molecule has 0 saturated carbocycles. The molecule has 2 rings (SSSR count). The van der Waals surface area contributed by atoms with Gasteiger partial charge in [-0.1, -0.05) is 19.4 Å². The summed E-state index contributed by atoms with van der Waals surface area (Å²) in [5, 5.41) is 3.42. The normalized spacial score (nSPS) is 10.9. The van der Waals surface area contributed by atoms with Crippen molar-refractivity contribution in [2.24, 2.45) is 14.1 Å². The number of rotatable bonds is 9. The largest absolute Gasteiger partial charge is 0.381 e. The Bertz CT molecular complexity index is 664. The number of nitrogens with one attached hydrogen (secondary N) is 1. The number of nitrogens with zero attached hydrogens (tertiary/aromatic N) is 2. The van der Waals surface area contributed by atoms with Gasteiger partial charge in [0.15, 0.2) is 0 Å². The number of benzene rings is 1. The maximum Gasteiger partial charge on any atom is 0.328 e. The van der Waals surface area contributed by atoms with E-state index in [1.807, 2.05) is 13.1 Å². The van der Waals surface area contributed by atoms with Crippen LogP contribution < -0.4 is 11.0 Å². The molecule has 0 atom stereocenters. The van der Waals surface area contributed by atoms with Gasteiger partial charge in [0.05, 0.1) is 11.0 Å². The fraction of sp³-hybridized carbons (Fsp3) is 0.588. The molecule has 130 valence electrons. The van der Waals surface area contributed by atoms with E-state index in [1.165, 1.54) is 12.0 Å². The zero-order chi connectivity index (χ0) is 15.9. The highest BCUT2D eigenvalue weighted by molar-refractivity contribution is 5.85. The summed E-state index contributed by atoms with van der Waals surface area (Å²) in [6.45, 7) is 5.62. The average Bonchev–Trinajstić information content (AvgIpc) is 2.74. The van der Waals surface area contributed by atoms with Crippen LogP contribution in [0.1, 0.15) is 31.7 Å². The molecular weight excluding hydrogens is 314 g/mol. The Labute approximate surface area is 144 Å². The van der Waals surface area contributed by atoms with Gasteiger partial charge < -0.3 is 10.1 Å². The number of aryl methyl sites for hydroxylation is 2. The van der Waals surface area contributed by atoms with Gasteiger partial charge in [0.2, 0.25) is 0 Å². The SMILES string of the molecule is CCCCOCCCNCc1ccc2c(c1)n(C)c(=O)n2C.Cl. The molecule has 1 N–H and O–H groups in total. The molecule has 0 saturated heterocycles. The maximum atomic E-state index is 11.9. The van der Waals surface area contributed by atoms with Crippen molar-refractivity contribution in [2.45, 2.75) is 32.7 Å². The molecule has 0 aliphatic rings. The van der Waals surface area contributed by atoms with Crippen LogP contribution in [-0.4, -0.2) is 28.9 Å². The number of halogens is 1. The summed E-state index contributed by atoms with van der Waals surface area (Å²) >= 11 is 0. The van der Waals surface area contributed by atoms with Crippen LogP contribution in [-0.2, 0) is 25.4 Å². The minimum Gasteiger partial charge on any atom is -0.381 e. The van der Waals surface area contributed by atoms with Crippen molar-refractivity contribution in [3.05, 3.63) is 34.2 Å². The van der Waals surface area contributed by atoms with Crippen LogP contribution in [0.15, 0.2) is 23.0 Å². The van der Waals surface area contributed by atoms with Crippen molar-refractivity contribution in [1.29, 1.82) is 0 Å². The lowest BCUT2D eigenvalue weighted by atomic mass is 10.2. The topological polar surface area (TPSA) is 48.2 Å². The second kappa shape index (κ2) is 9.75. The molecule has 1 heterocycles. The summed E-state index contributed by atoms with van der Waals surface area (Å²) < 4.78 is 8.91. The van der Waals surface area contributed by atoms with Crippen molar-refractivity contribution in [1.82, 2.24) is 14.5 Å². The zero-order valence-corrected chi connectivity index (χ0v) is 15.1. The van der Waals surface area contributed by atoms with E-state index in [4.69, 9.17) is 4.74 Å². The van der Waals surface area contributed by atoms with Crippen LogP contribution in [0.2, 0.25) is 0 Å². The van der Waals surface area contributed by atoms with E-state index in [1.54, 1.807) is 16.2 Å². The highest BCUT2D eigenvalue weighted by Crippen LogP contribution is 2.13. The minimum atomic E-state index is 0. The number of unbranched alkanes of at least 4 members (excludes halogenated alkanes) is 1. The fourth-order valence-electron chi connectivity index (χ4n) is 2.54. The van der Waals surface area contributed by atoms with Crippen LogP contribution in [0, 0.1) is 0 Å². The monoisotopic (exact) mass is 341 g/mol. The van der Waals surface area contributed by atoms with E-state index in [-0.39, 0.29) is 18.1 Å². The maximum absolute atomic E-state index is 11.9. The van der Waals surface area contributed by atoms with Gasteiger partial charge in [-0.2, -0.15) is 0 Å². The van der Waals surface area contributed by atoms with Crippen LogP contribution in [0.25, 0.3) is 11.0 Å². The summed E-state index contributed by atoms with van der Waals surface area (Å²) in [5.74, 6) is 0. The lowest BCUT2D eigenvalue weighted by molar-refractivity contribution is 0.129. The van der Waals surface area contributed by atoms with Gasteiger partial charge >= 0.3 is 5.69 Å². The highest BCUT2D eigenvalue weighted by atomic mass is 35.5. The predicted molar refractivity (Wildman–Crippen MR) is 97.5 cm³/mol. The molecule has 23 heavy (non-hydrogen) atoms. The van der Waals surface area contributed by atoms with E-state index in [9.17, 15) is 4.79 Å². The number of fused-ring (bicyclic) bond motifs is 1. The molecule has 6 heteroatoms. The lowest BCUT2D eigenvalue weighted by Crippen LogP contribution is -2.19. The smallest absolute Gasteiger partial charge is 0.328 e. The number of hydrogen-bond acceptors (Lipinski definition) is 3. The predicted octanol–water partition coefficient (Wildman–Crippen LogP) is 2.60. The van der Waals surface area contributed by atoms with Gasteiger partial charge in [0, 0.05) is 33.9 Å². The molecular formula is C17H28ClN3O2. The van der Waals surface area contributed by atoms with Crippen LogP contribution >= 0.6 is 12.4 Å². The molecule has 0 radical (unpaired) electrons. The van der Waals surface area contributed by atoms with Crippen LogP contribution in [0.4, 0.5) is 0 Å². The minimum absolute atomic E-state index is 0. The molecule has 5 nitrogen and oxygen atoms in total. The molecule has 0 aliphatic carbocycles. The lowest BCUT2D eigenvalue weighted by Gasteiger charge is -2.06. The molecule has 0 fully saturated rings.